The van der Waals surface area contributed by atoms with Crippen molar-refractivity contribution in [2.24, 2.45) is 5.92 Å². The normalized spacial score (nSPS) is 19.5. The van der Waals surface area contributed by atoms with Crippen LogP contribution in [0.5, 0.6) is 0 Å². The van der Waals surface area contributed by atoms with E-state index in [0.29, 0.717) is 13.1 Å². The molecule has 5 nitrogen and oxygen atoms in total. The van der Waals surface area contributed by atoms with Crippen molar-refractivity contribution in [2.45, 2.75) is 19.4 Å². The molecule has 110 valence electrons. The van der Waals surface area contributed by atoms with E-state index < -0.39 is 5.97 Å². The molecule has 1 atom stereocenters. The van der Waals surface area contributed by atoms with E-state index in [1.807, 2.05) is 47.3 Å². The first-order valence-electron chi connectivity index (χ1n) is 7.27. The van der Waals surface area contributed by atoms with Crippen molar-refractivity contribution in [3.8, 4) is 5.69 Å². The molecule has 5 heteroatoms. The lowest BCUT2D eigenvalue weighted by molar-refractivity contribution is -0.143. The van der Waals surface area contributed by atoms with Crippen molar-refractivity contribution in [3.05, 3.63) is 48.3 Å². The molecule has 1 aliphatic rings. The Bertz CT molecular complexity index is 609. The van der Waals surface area contributed by atoms with Gasteiger partial charge in [0.05, 0.1) is 17.3 Å². The average Bonchev–Trinajstić information content (AvgIpc) is 2.97. The molecule has 2 heterocycles. The molecule has 2 aromatic rings. The Balaban J connectivity index is 1.66. The Hall–Kier alpha value is -2.14. The molecule has 1 aromatic carbocycles. The predicted octanol–water partition coefficient (Wildman–Crippen LogP) is 2.17. The molecule has 1 N–H and O–H groups in total. The van der Waals surface area contributed by atoms with Crippen LogP contribution < -0.4 is 0 Å². The molecule has 0 spiro atoms. The van der Waals surface area contributed by atoms with E-state index in [1.54, 1.807) is 0 Å². The predicted molar refractivity (Wildman–Crippen MR) is 79.2 cm³/mol. The van der Waals surface area contributed by atoms with E-state index >= 15 is 0 Å². The maximum Gasteiger partial charge on any atom is 0.307 e. The smallest absolute Gasteiger partial charge is 0.307 e. The number of likely N-dealkylation sites (tertiary alicyclic amines) is 1. The molecule has 21 heavy (non-hydrogen) atoms. The number of nitrogens with zero attached hydrogens (tertiary/aromatic N) is 3. The zero-order chi connectivity index (χ0) is 14.7. The van der Waals surface area contributed by atoms with E-state index in [9.17, 15) is 4.79 Å². The summed E-state index contributed by atoms with van der Waals surface area (Å²) >= 11 is 0. The number of rotatable bonds is 4. The van der Waals surface area contributed by atoms with E-state index in [4.69, 9.17) is 5.11 Å². The van der Waals surface area contributed by atoms with Crippen molar-refractivity contribution >= 4 is 5.97 Å². The summed E-state index contributed by atoms with van der Waals surface area (Å²) in [4.78, 5) is 13.3. The fraction of sp³-hybridized carbons (Fsp3) is 0.375. The van der Waals surface area contributed by atoms with Crippen LogP contribution in [0, 0.1) is 5.92 Å². The Kier molecular flexibility index (Phi) is 4.01. The standard InChI is InChI=1S/C16H19N3O2/c20-16(21)13-5-4-9-18(11-13)12-14-8-10-19(17-14)15-6-2-1-3-7-15/h1-3,6-8,10,13H,4-5,9,11-12H2,(H,20,21). The topological polar surface area (TPSA) is 58.4 Å². The number of aromatic nitrogens is 2. The van der Waals surface area contributed by atoms with Crippen LogP contribution in [-0.2, 0) is 11.3 Å². The third kappa shape index (κ3) is 3.31. The van der Waals surface area contributed by atoms with Crippen LogP contribution in [0.4, 0.5) is 0 Å². The molecular formula is C16H19N3O2. The number of hydrogen-bond donors (Lipinski definition) is 1. The van der Waals surface area contributed by atoms with Crippen LogP contribution in [0.3, 0.4) is 0 Å². The van der Waals surface area contributed by atoms with Gasteiger partial charge in [-0.3, -0.25) is 9.69 Å². The minimum Gasteiger partial charge on any atom is -0.481 e. The summed E-state index contributed by atoms with van der Waals surface area (Å²) in [6.07, 6.45) is 3.67. The van der Waals surface area contributed by atoms with E-state index in [0.717, 1.165) is 30.8 Å². The van der Waals surface area contributed by atoms with Gasteiger partial charge in [0.25, 0.3) is 0 Å². The number of carboxylic acid groups (broad SMARTS) is 1. The van der Waals surface area contributed by atoms with Gasteiger partial charge in [0, 0.05) is 19.3 Å². The maximum absolute atomic E-state index is 11.1. The van der Waals surface area contributed by atoms with Crippen molar-refractivity contribution in [3.63, 3.8) is 0 Å². The lowest BCUT2D eigenvalue weighted by Crippen LogP contribution is -2.38. The Morgan fingerprint density at radius 2 is 2.10 bits per heavy atom. The van der Waals surface area contributed by atoms with Gasteiger partial charge in [-0.1, -0.05) is 18.2 Å². The highest BCUT2D eigenvalue weighted by atomic mass is 16.4. The lowest BCUT2D eigenvalue weighted by atomic mass is 9.98. The van der Waals surface area contributed by atoms with Crippen LogP contribution in [0.25, 0.3) is 5.69 Å². The van der Waals surface area contributed by atoms with Crippen LogP contribution >= 0.6 is 0 Å². The number of carboxylic acids is 1. The van der Waals surface area contributed by atoms with Gasteiger partial charge in [0.2, 0.25) is 0 Å². The molecule has 0 saturated carbocycles. The van der Waals surface area contributed by atoms with Gasteiger partial charge in [0.1, 0.15) is 0 Å². The van der Waals surface area contributed by atoms with Gasteiger partial charge >= 0.3 is 5.97 Å². The molecule has 1 aromatic heterocycles. The number of aliphatic carboxylic acids is 1. The van der Waals surface area contributed by atoms with Gasteiger partial charge in [0.15, 0.2) is 0 Å². The highest BCUT2D eigenvalue weighted by Gasteiger charge is 2.25. The monoisotopic (exact) mass is 285 g/mol. The van der Waals surface area contributed by atoms with E-state index in [2.05, 4.69) is 10.00 Å². The van der Waals surface area contributed by atoms with Gasteiger partial charge in [-0.05, 0) is 37.6 Å². The molecule has 1 saturated heterocycles. The highest BCUT2D eigenvalue weighted by molar-refractivity contribution is 5.70. The molecule has 0 radical (unpaired) electrons. The minimum absolute atomic E-state index is 0.241. The average molecular weight is 285 g/mol. The van der Waals surface area contributed by atoms with Gasteiger partial charge in [-0.2, -0.15) is 5.10 Å². The second-order valence-electron chi connectivity index (χ2n) is 5.50. The van der Waals surface area contributed by atoms with E-state index in [1.165, 1.54) is 0 Å². The quantitative estimate of drug-likeness (QED) is 0.935. The lowest BCUT2D eigenvalue weighted by Gasteiger charge is -2.29. The first-order chi connectivity index (χ1) is 10.2. The number of benzene rings is 1. The first-order valence-corrected chi connectivity index (χ1v) is 7.27. The highest BCUT2D eigenvalue weighted by Crippen LogP contribution is 2.18. The van der Waals surface area contributed by atoms with Crippen molar-refractivity contribution in [2.75, 3.05) is 13.1 Å². The molecular weight excluding hydrogens is 266 g/mol. The molecule has 1 aliphatic heterocycles. The molecule has 3 rings (SSSR count). The molecule has 0 aliphatic carbocycles. The van der Waals surface area contributed by atoms with Crippen LogP contribution in [0.2, 0.25) is 0 Å². The van der Waals surface area contributed by atoms with Crippen LogP contribution in [0.15, 0.2) is 42.6 Å². The first kappa shape index (κ1) is 13.8. The number of hydrogen-bond acceptors (Lipinski definition) is 3. The van der Waals surface area contributed by atoms with E-state index in [-0.39, 0.29) is 5.92 Å². The zero-order valence-electron chi connectivity index (χ0n) is 11.9. The van der Waals surface area contributed by atoms with Gasteiger partial charge in [-0.25, -0.2) is 4.68 Å². The molecule has 1 fully saturated rings. The van der Waals surface area contributed by atoms with Crippen LogP contribution in [-0.4, -0.2) is 38.8 Å². The summed E-state index contributed by atoms with van der Waals surface area (Å²) < 4.78 is 1.86. The third-order valence-corrected chi connectivity index (χ3v) is 3.91. The minimum atomic E-state index is -0.686. The van der Waals surface area contributed by atoms with Crippen molar-refractivity contribution in [1.82, 2.24) is 14.7 Å². The second kappa shape index (κ2) is 6.10. The summed E-state index contributed by atoms with van der Waals surface area (Å²) in [7, 11) is 0. The summed E-state index contributed by atoms with van der Waals surface area (Å²) in [6.45, 7) is 2.28. The van der Waals surface area contributed by atoms with Crippen molar-refractivity contribution < 1.29 is 9.90 Å². The Morgan fingerprint density at radius 3 is 2.86 bits per heavy atom. The van der Waals surface area contributed by atoms with Crippen LogP contribution in [0.1, 0.15) is 18.5 Å². The SMILES string of the molecule is O=C(O)C1CCCN(Cc2ccn(-c3ccccc3)n2)C1. The zero-order valence-corrected chi connectivity index (χ0v) is 11.9. The summed E-state index contributed by atoms with van der Waals surface area (Å²) in [5.74, 6) is -0.926. The number of carbonyl (C=O) groups is 1. The Morgan fingerprint density at radius 1 is 1.29 bits per heavy atom. The third-order valence-electron chi connectivity index (χ3n) is 3.91. The van der Waals surface area contributed by atoms with Crippen molar-refractivity contribution in [1.29, 1.82) is 0 Å². The number of para-hydroxylation sites is 1. The summed E-state index contributed by atoms with van der Waals surface area (Å²) in [5.41, 5.74) is 2.01. The maximum atomic E-state index is 11.1. The number of piperidine rings is 1. The fourth-order valence-corrected chi connectivity index (χ4v) is 2.80. The fourth-order valence-electron chi connectivity index (χ4n) is 2.80. The molecule has 1 unspecified atom stereocenters. The van der Waals surface area contributed by atoms with Gasteiger partial charge in [-0.15, -0.1) is 0 Å². The second-order valence-corrected chi connectivity index (χ2v) is 5.50. The van der Waals surface area contributed by atoms with Gasteiger partial charge < -0.3 is 5.11 Å². The molecule has 0 bridgehead atoms. The Labute approximate surface area is 123 Å². The summed E-state index contributed by atoms with van der Waals surface area (Å²) in [6, 6.07) is 12.0. The summed E-state index contributed by atoms with van der Waals surface area (Å²) in [5, 5.41) is 13.7. The largest absolute Gasteiger partial charge is 0.481 e. The molecule has 0 amide bonds.